The highest BCUT2D eigenvalue weighted by molar-refractivity contribution is 4.97. The van der Waals surface area contributed by atoms with Crippen LogP contribution < -0.4 is 0 Å². The Kier molecular flexibility index (Phi) is 12.8. The molecule has 4 saturated heterocycles. The molecule has 0 bridgehead atoms. The molecule has 45 heavy (non-hydrogen) atoms. The van der Waals surface area contributed by atoms with E-state index >= 15 is 0 Å². The van der Waals surface area contributed by atoms with Crippen LogP contribution in [0.3, 0.4) is 0 Å². The van der Waals surface area contributed by atoms with Gasteiger partial charge >= 0.3 is 0 Å². The summed E-state index contributed by atoms with van der Waals surface area (Å²) in [5.74, 6) is 0. The van der Waals surface area contributed by atoms with Crippen LogP contribution in [0.5, 0.6) is 0 Å². The van der Waals surface area contributed by atoms with Crippen LogP contribution in [0.2, 0.25) is 0 Å². The van der Waals surface area contributed by atoms with Crippen molar-refractivity contribution < 1.29 is 105 Å². The number of hydrogen-bond donors (Lipinski definition) is 14. The Bertz CT molecular complexity index is 910. The lowest BCUT2D eigenvalue weighted by Gasteiger charge is -2.49. The van der Waals surface area contributed by atoms with Crippen LogP contribution >= 0.6 is 0 Å². The Morgan fingerprint density at radius 3 is 1.02 bits per heavy atom. The molecule has 4 aliphatic rings. The van der Waals surface area contributed by atoms with E-state index in [0.29, 0.717) is 0 Å². The molecule has 0 amide bonds. The summed E-state index contributed by atoms with van der Waals surface area (Å²) < 4.78 is 37.7. The van der Waals surface area contributed by atoms with Crippen molar-refractivity contribution in [2.75, 3.05) is 26.4 Å². The fourth-order valence-electron chi connectivity index (χ4n) is 5.55. The van der Waals surface area contributed by atoms with Gasteiger partial charge in [0, 0.05) is 0 Å². The third kappa shape index (κ3) is 7.44. The molecule has 0 radical (unpaired) electrons. The molecule has 21 nitrogen and oxygen atoms in total. The van der Waals surface area contributed by atoms with Crippen molar-refractivity contribution in [3.05, 3.63) is 0 Å². The average Bonchev–Trinajstić information content (AvgIpc) is 3.03. The summed E-state index contributed by atoms with van der Waals surface area (Å²) in [6.45, 7) is -3.39. The van der Waals surface area contributed by atoms with E-state index in [1.807, 2.05) is 0 Å². The van der Waals surface area contributed by atoms with Crippen molar-refractivity contribution in [1.29, 1.82) is 0 Å². The van der Waals surface area contributed by atoms with Crippen LogP contribution in [-0.4, -0.2) is 221 Å². The van der Waals surface area contributed by atoms with Crippen molar-refractivity contribution in [3.63, 3.8) is 0 Å². The van der Waals surface area contributed by atoms with Gasteiger partial charge in [0.25, 0.3) is 0 Å². The third-order valence-electron chi connectivity index (χ3n) is 8.20. The molecule has 0 aromatic carbocycles. The molecule has 264 valence electrons. The summed E-state index contributed by atoms with van der Waals surface area (Å²) in [7, 11) is 0. The van der Waals surface area contributed by atoms with Crippen molar-refractivity contribution in [1.82, 2.24) is 0 Å². The molecular weight excluding hydrogens is 624 g/mol. The number of rotatable bonds is 10. The standard InChI is InChI=1S/C24H42O21/c25-1-5-9(29)10(30)15(35)22(40-5)44-19-7(3-27)42-24(17(37)12(19)32)45-20-8(4-28)41-23(16(36)13(20)33)43-18-6(2-26)39-21(38)14(34)11(18)31/h5-38H,1-4H2/t5-,6-,7-,8-,9-,10+,11-,12-,13-,14+,15+,16+,17+,18-,19-,20-,21+,22+,23+,24+/m1/s1. The minimum Gasteiger partial charge on any atom is -0.394 e. The maximum Gasteiger partial charge on any atom is 0.187 e. The van der Waals surface area contributed by atoms with Crippen LogP contribution in [0, 0.1) is 0 Å². The van der Waals surface area contributed by atoms with E-state index in [4.69, 9.17) is 33.2 Å². The molecule has 0 saturated carbocycles. The first-order valence-corrected chi connectivity index (χ1v) is 14.1. The van der Waals surface area contributed by atoms with E-state index < -0.39 is 149 Å². The SMILES string of the molecule is OC[C@H]1O[C@@H](O[C@H]2[C@H](O)[C@H](O)[C@H](O[C@H]3[C@H](O)[C@H](O)[C@H](O[C@H]4[C@H](O)[C@H](O)[C@@H](O)O[C@@H]4CO)O[C@@H]3CO)O[C@@H]2CO)[C@@H](O)[C@@H](O)[C@@H]1O. The zero-order valence-electron chi connectivity index (χ0n) is 23.5. The monoisotopic (exact) mass is 666 g/mol. The summed E-state index contributed by atoms with van der Waals surface area (Å²) in [5, 5.41) is 142. The quantitative estimate of drug-likeness (QED) is 0.103. The fourth-order valence-corrected chi connectivity index (χ4v) is 5.55. The number of aliphatic hydroxyl groups is 14. The van der Waals surface area contributed by atoms with E-state index in [2.05, 4.69) is 0 Å². The second-order valence-electron chi connectivity index (χ2n) is 11.1. The number of hydrogen-bond acceptors (Lipinski definition) is 21. The summed E-state index contributed by atoms with van der Waals surface area (Å²) in [5.41, 5.74) is 0. The normalized spacial score (nSPS) is 52.9. The lowest BCUT2D eigenvalue weighted by molar-refractivity contribution is -0.387. The van der Waals surface area contributed by atoms with Gasteiger partial charge in [-0.15, -0.1) is 0 Å². The van der Waals surface area contributed by atoms with Crippen LogP contribution in [0.1, 0.15) is 0 Å². The summed E-state index contributed by atoms with van der Waals surface area (Å²) in [6, 6.07) is 0. The van der Waals surface area contributed by atoms with Gasteiger partial charge in [0.15, 0.2) is 25.2 Å². The third-order valence-corrected chi connectivity index (χ3v) is 8.20. The predicted octanol–water partition coefficient (Wildman–Crippen LogP) is -9.75. The van der Waals surface area contributed by atoms with Crippen LogP contribution in [0.4, 0.5) is 0 Å². The van der Waals surface area contributed by atoms with Crippen molar-refractivity contribution in [2.24, 2.45) is 0 Å². The minimum atomic E-state index is -2.02. The number of aliphatic hydroxyl groups excluding tert-OH is 14. The highest BCUT2D eigenvalue weighted by Crippen LogP contribution is 2.34. The first-order chi connectivity index (χ1) is 21.3. The second-order valence-corrected chi connectivity index (χ2v) is 11.1. The molecule has 0 aromatic rings. The van der Waals surface area contributed by atoms with Crippen LogP contribution in [0.25, 0.3) is 0 Å². The maximum atomic E-state index is 10.9. The van der Waals surface area contributed by atoms with Crippen molar-refractivity contribution in [3.8, 4) is 0 Å². The van der Waals surface area contributed by atoms with Gasteiger partial charge in [-0.1, -0.05) is 0 Å². The van der Waals surface area contributed by atoms with E-state index in [1.54, 1.807) is 0 Å². The Morgan fingerprint density at radius 2 is 0.644 bits per heavy atom. The predicted molar refractivity (Wildman–Crippen MR) is 134 cm³/mol. The highest BCUT2D eigenvalue weighted by Gasteiger charge is 2.55. The summed E-state index contributed by atoms with van der Waals surface area (Å²) >= 11 is 0. The molecule has 4 rings (SSSR count). The molecule has 4 heterocycles. The lowest BCUT2D eigenvalue weighted by atomic mass is 9.95. The second kappa shape index (κ2) is 15.6. The van der Waals surface area contributed by atoms with E-state index in [-0.39, 0.29) is 0 Å². The zero-order chi connectivity index (χ0) is 33.3. The molecule has 4 fully saturated rings. The molecule has 21 heteroatoms. The summed E-state index contributed by atoms with van der Waals surface area (Å²) in [4.78, 5) is 0. The fraction of sp³-hybridized carbons (Fsp3) is 1.00. The molecule has 0 aliphatic carbocycles. The van der Waals surface area contributed by atoms with Gasteiger partial charge in [0.05, 0.1) is 26.4 Å². The Labute approximate surface area is 254 Å². The lowest BCUT2D eigenvalue weighted by Crippen LogP contribution is -2.67. The molecule has 4 aliphatic heterocycles. The van der Waals surface area contributed by atoms with Gasteiger partial charge in [-0.2, -0.15) is 0 Å². The van der Waals surface area contributed by atoms with Gasteiger partial charge in [0.1, 0.15) is 97.7 Å². The smallest absolute Gasteiger partial charge is 0.187 e. The molecule has 0 spiro atoms. The molecule has 0 unspecified atom stereocenters. The van der Waals surface area contributed by atoms with E-state index in [9.17, 15) is 71.5 Å². The first kappa shape index (κ1) is 37.0. The van der Waals surface area contributed by atoms with Crippen LogP contribution in [0.15, 0.2) is 0 Å². The van der Waals surface area contributed by atoms with E-state index in [0.717, 1.165) is 0 Å². The van der Waals surface area contributed by atoms with Crippen LogP contribution in [-0.2, 0) is 33.2 Å². The first-order valence-electron chi connectivity index (χ1n) is 14.1. The van der Waals surface area contributed by atoms with E-state index in [1.165, 1.54) is 0 Å². The van der Waals surface area contributed by atoms with Crippen molar-refractivity contribution in [2.45, 2.75) is 123 Å². The van der Waals surface area contributed by atoms with Gasteiger partial charge < -0.3 is 105 Å². The number of ether oxygens (including phenoxy) is 7. The Morgan fingerprint density at radius 1 is 0.333 bits per heavy atom. The zero-order valence-corrected chi connectivity index (χ0v) is 23.5. The molecule has 20 atom stereocenters. The Balaban J connectivity index is 1.43. The maximum absolute atomic E-state index is 10.9. The minimum absolute atomic E-state index is 0.784. The van der Waals surface area contributed by atoms with Gasteiger partial charge in [0.2, 0.25) is 0 Å². The Hall–Kier alpha value is -0.840. The van der Waals surface area contributed by atoms with Gasteiger partial charge in [-0.25, -0.2) is 0 Å². The molecule has 0 aromatic heterocycles. The summed E-state index contributed by atoms with van der Waals surface area (Å²) in [6.07, 6.45) is -35.3. The largest absolute Gasteiger partial charge is 0.394 e. The average molecular weight is 667 g/mol. The highest BCUT2D eigenvalue weighted by atomic mass is 16.8. The topological polar surface area (TPSA) is 348 Å². The molecular formula is C24H42O21. The van der Waals surface area contributed by atoms with Crippen molar-refractivity contribution >= 4 is 0 Å². The van der Waals surface area contributed by atoms with Gasteiger partial charge in [-0.05, 0) is 0 Å². The molecule has 14 N–H and O–H groups in total. The van der Waals surface area contributed by atoms with Gasteiger partial charge in [-0.3, -0.25) is 0 Å².